The fraction of sp³-hybridized carbons (Fsp3) is 0.143. The maximum Gasteiger partial charge on any atom is 0.257 e. The molecule has 0 radical (unpaired) electrons. The van der Waals surface area contributed by atoms with Crippen LogP contribution in [0.15, 0.2) is 47.1 Å². The molecule has 0 aliphatic heterocycles. The van der Waals surface area contributed by atoms with Gasteiger partial charge in [-0.1, -0.05) is 18.2 Å². The van der Waals surface area contributed by atoms with Crippen molar-refractivity contribution in [2.45, 2.75) is 6.92 Å². The number of carbonyl (C=O) groups is 1. The van der Waals surface area contributed by atoms with Crippen molar-refractivity contribution in [2.24, 2.45) is 0 Å². The number of nitrogens with one attached hydrogen (secondary N) is 1. The molecule has 0 aliphatic carbocycles. The minimum absolute atomic E-state index is 0.221. The number of amides is 1. The summed E-state index contributed by atoms with van der Waals surface area (Å²) in [5, 5.41) is 2.98. The van der Waals surface area contributed by atoms with Gasteiger partial charge in [-0.25, -0.2) is 0 Å². The van der Waals surface area contributed by atoms with E-state index in [0.29, 0.717) is 16.6 Å². The van der Waals surface area contributed by atoms with Crippen LogP contribution in [0.2, 0.25) is 0 Å². The zero-order valence-corrected chi connectivity index (χ0v) is 11.5. The molecule has 0 fully saturated rings. The van der Waals surface area contributed by atoms with Crippen molar-refractivity contribution in [1.29, 1.82) is 0 Å². The SMILES string of the molecule is Cc1ccccc1C(=O)NC(=S)N(C)c1ccco1. The van der Waals surface area contributed by atoms with Gasteiger partial charge in [-0.3, -0.25) is 15.0 Å². The Morgan fingerprint density at radius 3 is 2.63 bits per heavy atom. The second kappa shape index (κ2) is 5.67. The molecule has 0 bridgehead atoms. The van der Waals surface area contributed by atoms with E-state index in [-0.39, 0.29) is 5.91 Å². The Balaban J connectivity index is 2.07. The lowest BCUT2D eigenvalue weighted by Crippen LogP contribution is -2.40. The Bertz CT molecular complexity index is 593. The van der Waals surface area contributed by atoms with Crippen LogP contribution >= 0.6 is 12.2 Å². The van der Waals surface area contributed by atoms with E-state index in [1.54, 1.807) is 36.4 Å². The van der Waals surface area contributed by atoms with Crippen LogP contribution in [-0.2, 0) is 0 Å². The third-order valence-corrected chi connectivity index (χ3v) is 3.13. The predicted octanol–water partition coefficient (Wildman–Crippen LogP) is 2.74. The van der Waals surface area contributed by atoms with Crippen LogP contribution < -0.4 is 10.2 Å². The van der Waals surface area contributed by atoms with Crippen LogP contribution in [0.5, 0.6) is 0 Å². The number of carbonyl (C=O) groups excluding carboxylic acids is 1. The molecule has 1 N–H and O–H groups in total. The normalized spacial score (nSPS) is 10.0. The summed E-state index contributed by atoms with van der Waals surface area (Å²) in [6, 6.07) is 10.9. The van der Waals surface area contributed by atoms with Crippen LogP contribution in [0.25, 0.3) is 0 Å². The molecule has 0 unspecified atom stereocenters. The fourth-order valence-corrected chi connectivity index (χ4v) is 1.82. The number of furan rings is 1. The highest BCUT2D eigenvalue weighted by Crippen LogP contribution is 2.13. The Labute approximate surface area is 117 Å². The summed E-state index contributed by atoms with van der Waals surface area (Å²) in [4.78, 5) is 13.7. The lowest BCUT2D eigenvalue weighted by molar-refractivity contribution is 0.0976. The number of benzene rings is 1. The maximum absolute atomic E-state index is 12.1. The van der Waals surface area contributed by atoms with Crippen molar-refractivity contribution < 1.29 is 9.21 Å². The van der Waals surface area contributed by atoms with E-state index < -0.39 is 0 Å². The molecule has 2 aromatic rings. The smallest absolute Gasteiger partial charge is 0.257 e. The summed E-state index contributed by atoms with van der Waals surface area (Å²) in [6.45, 7) is 1.88. The first-order valence-electron chi connectivity index (χ1n) is 5.78. The van der Waals surface area contributed by atoms with Gasteiger partial charge >= 0.3 is 0 Å². The molecular formula is C14H14N2O2S. The Morgan fingerprint density at radius 2 is 2.00 bits per heavy atom. The van der Waals surface area contributed by atoms with Crippen LogP contribution in [-0.4, -0.2) is 18.1 Å². The Hall–Kier alpha value is -2.14. The van der Waals surface area contributed by atoms with Gasteiger partial charge in [-0.15, -0.1) is 0 Å². The van der Waals surface area contributed by atoms with E-state index in [9.17, 15) is 4.79 Å². The van der Waals surface area contributed by atoms with E-state index in [4.69, 9.17) is 16.6 Å². The number of anilines is 1. The first-order valence-corrected chi connectivity index (χ1v) is 6.18. The molecule has 1 heterocycles. The molecule has 98 valence electrons. The molecule has 0 spiro atoms. The quantitative estimate of drug-likeness (QED) is 0.855. The fourth-order valence-electron chi connectivity index (χ4n) is 1.64. The molecular weight excluding hydrogens is 260 g/mol. The van der Waals surface area contributed by atoms with E-state index in [1.165, 1.54) is 0 Å². The molecule has 0 saturated heterocycles. The molecule has 4 nitrogen and oxygen atoms in total. The monoisotopic (exact) mass is 274 g/mol. The van der Waals surface area contributed by atoms with Crippen molar-refractivity contribution in [3.8, 4) is 0 Å². The van der Waals surface area contributed by atoms with Crippen LogP contribution in [0.3, 0.4) is 0 Å². The molecule has 1 aromatic carbocycles. The zero-order valence-electron chi connectivity index (χ0n) is 10.7. The lowest BCUT2D eigenvalue weighted by atomic mass is 10.1. The van der Waals surface area contributed by atoms with Gasteiger partial charge < -0.3 is 4.42 Å². The molecule has 0 saturated carbocycles. The van der Waals surface area contributed by atoms with Gasteiger partial charge in [0, 0.05) is 18.7 Å². The van der Waals surface area contributed by atoms with Gasteiger partial charge in [0.05, 0.1) is 6.26 Å². The molecule has 5 heteroatoms. The highest BCUT2D eigenvalue weighted by molar-refractivity contribution is 7.80. The topological polar surface area (TPSA) is 45.5 Å². The first kappa shape index (κ1) is 13.3. The average molecular weight is 274 g/mol. The number of aryl methyl sites for hydroxylation is 1. The largest absolute Gasteiger partial charge is 0.448 e. The summed E-state index contributed by atoms with van der Waals surface area (Å²) in [7, 11) is 1.74. The van der Waals surface area contributed by atoms with E-state index in [0.717, 1.165) is 5.56 Å². The van der Waals surface area contributed by atoms with Crippen molar-refractivity contribution in [1.82, 2.24) is 5.32 Å². The predicted molar refractivity (Wildman–Crippen MR) is 78.4 cm³/mol. The van der Waals surface area contributed by atoms with E-state index in [1.807, 2.05) is 25.1 Å². The molecule has 0 aliphatic rings. The number of hydrogen-bond acceptors (Lipinski definition) is 3. The first-order chi connectivity index (χ1) is 9.09. The van der Waals surface area contributed by atoms with Crippen molar-refractivity contribution in [2.75, 3.05) is 11.9 Å². The third kappa shape index (κ3) is 3.00. The summed E-state index contributed by atoms with van der Waals surface area (Å²) in [5.74, 6) is 0.358. The van der Waals surface area contributed by atoms with Crippen LogP contribution in [0, 0.1) is 6.92 Å². The van der Waals surface area contributed by atoms with Crippen LogP contribution in [0.1, 0.15) is 15.9 Å². The second-order valence-electron chi connectivity index (χ2n) is 4.08. The lowest BCUT2D eigenvalue weighted by Gasteiger charge is -2.17. The molecule has 1 aromatic heterocycles. The Morgan fingerprint density at radius 1 is 1.26 bits per heavy atom. The van der Waals surface area contributed by atoms with Crippen LogP contribution in [0.4, 0.5) is 5.88 Å². The number of rotatable bonds is 2. The zero-order chi connectivity index (χ0) is 13.8. The summed E-state index contributed by atoms with van der Waals surface area (Å²) >= 11 is 5.18. The van der Waals surface area contributed by atoms with Gasteiger partial charge in [0.2, 0.25) is 5.88 Å². The van der Waals surface area contributed by atoms with Gasteiger partial charge in [0.15, 0.2) is 5.11 Å². The van der Waals surface area contributed by atoms with Gasteiger partial charge in [-0.2, -0.15) is 0 Å². The minimum atomic E-state index is -0.221. The summed E-state index contributed by atoms with van der Waals surface area (Å²) < 4.78 is 5.21. The summed E-state index contributed by atoms with van der Waals surface area (Å²) in [5.41, 5.74) is 1.51. The molecule has 1 amide bonds. The minimum Gasteiger partial charge on any atom is -0.448 e. The standard InChI is InChI=1S/C14H14N2O2S/c1-10-6-3-4-7-11(10)13(17)15-14(19)16(2)12-8-5-9-18-12/h3-9H,1-2H3,(H,15,17,19). The second-order valence-corrected chi connectivity index (χ2v) is 4.47. The maximum atomic E-state index is 12.1. The van der Waals surface area contributed by atoms with E-state index >= 15 is 0 Å². The highest BCUT2D eigenvalue weighted by atomic mass is 32.1. The van der Waals surface area contributed by atoms with Crippen molar-refractivity contribution in [3.63, 3.8) is 0 Å². The summed E-state index contributed by atoms with van der Waals surface area (Å²) in [6.07, 6.45) is 1.55. The van der Waals surface area contributed by atoms with Gasteiger partial charge in [0.25, 0.3) is 5.91 Å². The number of nitrogens with zero attached hydrogens (tertiary/aromatic N) is 1. The third-order valence-electron chi connectivity index (χ3n) is 2.75. The molecule has 19 heavy (non-hydrogen) atoms. The number of hydrogen-bond donors (Lipinski definition) is 1. The molecule has 2 rings (SSSR count). The van der Waals surface area contributed by atoms with Crippen molar-refractivity contribution >= 4 is 29.1 Å². The molecule has 0 atom stereocenters. The van der Waals surface area contributed by atoms with Gasteiger partial charge in [-0.05, 0) is 36.8 Å². The Kier molecular flexibility index (Phi) is 3.97. The highest BCUT2D eigenvalue weighted by Gasteiger charge is 2.14. The van der Waals surface area contributed by atoms with Crippen molar-refractivity contribution in [3.05, 3.63) is 53.8 Å². The van der Waals surface area contributed by atoms with Gasteiger partial charge in [0.1, 0.15) is 0 Å². The average Bonchev–Trinajstić information content (AvgIpc) is 2.92. The number of thiocarbonyl (C=S) groups is 1. The van der Waals surface area contributed by atoms with E-state index in [2.05, 4.69) is 5.32 Å².